The fourth-order valence-electron chi connectivity index (χ4n) is 5.09. The van der Waals surface area contributed by atoms with Gasteiger partial charge >= 0.3 is 0 Å². The maximum absolute atomic E-state index is 13.8. The third kappa shape index (κ3) is 5.95. The number of rotatable bonds is 7. The zero-order valence-electron chi connectivity index (χ0n) is 21.5. The van der Waals surface area contributed by atoms with Crippen LogP contribution >= 0.6 is 11.8 Å². The molecule has 2 saturated heterocycles. The van der Waals surface area contributed by atoms with Gasteiger partial charge in [0.1, 0.15) is 5.54 Å². The fraction of sp³-hybridized carbons (Fsp3) is 0.500. The van der Waals surface area contributed by atoms with E-state index in [2.05, 4.69) is 15.1 Å². The summed E-state index contributed by atoms with van der Waals surface area (Å²) >= 11 is 1.58. The number of hydrogen-bond donors (Lipinski definition) is 1. The molecule has 5 rings (SSSR count). The number of anilines is 2. The summed E-state index contributed by atoms with van der Waals surface area (Å²) in [6.07, 6.45) is 0.801. The Bertz CT molecular complexity index is 1090. The van der Waals surface area contributed by atoms with E-state index in [0.717, 1.165) is 81.8 Å². The number of morpholine rings is 2. The number of thioether (sulfide) groups is 1. The molecule has 2 amide bonds. The number of carbonyl (C=O) groups is 2. The molecule has 1 N–H and O–H groups in total. The van der Waals surface area contributed by atoms with Gasteiger partial charge in [0, 0.05) is 61.3 Å². The second-order valence-corrected chi connectivity index (χ2v) is 10.9. The molecule has 1 atom stereocenters. The first-order valence-corrected chi connectivity index (χ1v) is 14.1. The molecule has 3 heterocycles. The van der Waals surface area contributed by atoms with E-state index in [4.69, 9.17) is 9.47 Å². The van der Waals surface area contributed by atoms with Crippen molar-refractivity contribution in [2.24, 2.45) is 0 Å². The zero-order chi connectivity index (χ0) is 25.7. The van der Waals surface area contributed by atoms with Crippen LogP contribution in [0.5, 0.6) is 0 Å². The Labute approximate surface area is 223 Å². The Balaban J connectivity index is 1.32. The van der Waals surface area contributed by atoms with Gasteiger partial charge in [-0.2, -0.15) is 0 Å². The minimum atomic E-state index is -0.991. The van der Waals surface area contributed by atoms with Gasteiger partial charge in [0.05, 0.1) is 32.0 Å². The summed E-state index contributed by atoms with van der Waals surface area (Å²) in [5.74, 6) is 0.250. The molecule has 0 aromatic heterocycles. The molecule has 2 aromatic carbocycles. The van der Waals surface area contributed by atoms with E-state index in [0.29, 0.717) is 17.9 Å². The van der Waals surface area contributed by atoms with Crippen molar-refractivity contribution in [1.82, 2.24) is 9.80 Å². The summed E-state index contributed by atoms with van der Waals surface area (Å²) in [5, 5.41) is 3.11. The minimum absolute atomic E-state index is 0.0807. The minimum Gasteiger partial charge on any atom is -0.379 e. The number of fused-ring (bicyclic) bond motifs is 1. The molecule has 0 saturated carbocycles. The van der Waals surface area contributed by atoms with E-state index >= 15 is 0 Å². The highest BCUT2D eigenvalue weighted by Gasteiger charge is 2.45. The molecule has 0 unspecified atom stereocenters. The predicted molar refractivity (Wildman–Crippen MR) is 147 cm³/mol. The number of nitrogens with zero attached hydrogens (tertiary/aromatic N) is 3. The van der Waals surface area contributed by atoms with Gasteiger partial charge in [0.25, 0.3) is 11.8 Å². The summed E-state index contributed by atoms with van der Waals surface area (Å²) in [4.78, 5) is 35.0. The molecule has 2 aromatic rings. The van der Waals surface area contributed by atoms with Crippen LogP contribution in [0.3, 0.4) is 0 Å². The van der Waals surface area contributed by atoms with Crippen molar-refractivity contribution in [3.63, 3.8) is 0 Å². The van der Waals surface area contributed by atoms with Gasteiger partial charge in [0.15, 0.2) is 0 Å². The summed E-state index contributed by atoms with van der Waals surface area (Å²) in [5.41, 5.74) is 1.53. The number of ether oxygens (including phenoxy) is 2. The lowest BCUT2D eigenvalue weighted by atomic mass is 9.98. The highest BCUT2D eigenvalue weighted by molar-refractivity contribution is 7.99. The molecule has 0 aliphatic carbocycles. The molecule has 0 spiro atoms. The number of amides is 2. The van der Waals surface area contributed by atoms with E-state index in [1.165, 1.54) is 0 Å². The molecule has 3 aliphatic heterocycles. The normalized spacial score (nSPS) is 22.9. The SMILES string of the molecule is C[C@]1(C(=O)Nc2ccc(N3CCOCC3)cc2)CSc2ccccc2C(=O)N1CCCN1CCOCC1. The standard InChI is InChI=1S/C28H36N4O4S/c1-28(27(34)29-22-7-9-23(10-8-22)31-15-19-36-20-16-31)21-37-25-6-3-2-5-24(25)26(33)32(28)12-4-11-30-13-17-35-18-14-30/h2-3,5-10H,4,11-21H2,1H3,(H,29,34)/t28-/m1/s1. The van der Waals surface area contributed by atoms with Crippen LogP contribution in [-0.2, 0) is 14.3 Å². The molecule has 37 heavy (non-hydrogen) atoms. The smallest absolute Gasteiger partial charge is 0.255 e. The van der Waals surface area contributed by atoms with Crippen LogP contribution in [0.1, 0.15) is 23.7 Å². The van der Waals surface area contributed by atoms with Crippen LogP contribution in [0.25, 0.3) is 0 Å². The molecule has 0 radical (unpaired) electrons. The van der Waals surface area contributed by atoms with Crippen molar-refractivity contribution >= 4 is 35.0 Å². The van der Waals surface area contributed by atoms with Gasteiger partial charge in [-0.3, -0.25) is 14.5 Å². The summed E-state index contributed by atoms with van der Waals surface area (Å²) in [6, 6.07) is 15.6. The molecule has 8 nitrogen and oxygen atoms in total. The summed E-state index contributed by atoms with van der Waals surface area (Å²) in [6.45, 7) is 9.79. The first-order valence-electron chi connectivity index (χ1n) is 13.1. The second kappa shape index (κ2) is 11.9. The highest BCUT2D eigenvalue weighted by atomic mass is 32.2. The Kier molecular flexibility index (Phi) is 8.34. The lowest BCUT2D eigenvalue weighted by Crippen LogP contribution is -2.58. The van der Waals surface area contributed by atoms with Gasteiger partial charge in [0.2, 0.25) is 0 Å². The third-order valence-electron chi connectivity index (χ3n) is 7.42. The largest absolute Gasteiger partial charge is 0.379 e. The Morgan fingerprint density at radius 1 is 0.946 bits per heavy atom. The van der Waals surface area contributed by atoms with Crippen molar-refractivity contribution in [3.8, 4) is 0 Å². The Morgan fingerprint density at radius 2 is 1.62 bits per heavy atom. The van der Waals surface area contributed by atoms with Gasteiger partial charge in [-0.15, -0.1) is 11.8 Å². The average Bonchev–Trinajstić information content (AvgIpc) is 3.05. The van der Waals surface area contributed by atoms with Crippen molar-refractivity contribution < 1.29 is 19.1 Å². The second-order valence-electron chi connectivity index (χ2n) is 9.92. The van der Waals surface area contributed by atoms with E-state index in [9.17, 15) is 9.59 Å². The van der Waals surface area contributed by atoms with Crippen molar-refractivity contribution in [2.75, 3.05) is 81.7 Å². The lowest BCUT2D eigenvalue weighted by molar-refractivity contribution is -0.124. The van der Waals surface area contributed by atoms with Gasteiger partial charge in [-0.1, -0.05) is 12.1 Å². The monoisotopic (exact) mass is 524 g/mol. The van der Waals surface area contributed by atoms with E-state index in [1.54, 1.807) is 16.7 Å². The van der Waals surface area contributed by atoms with Crippen LogP contribution in [-0.4, -0.2) is 98.6 Å². The van der Waals surface area contributed by atoms with Crippen LogP contribution in [0.15, 0.2) is 53.4 Å². The van der Waals surface area contributed by atoms with Crippen LogP contribution < -0.4 is 10.2 Å². The van der Waals surface area contributed by atoms with Gasteiger partial charge in [-0.25, -0.2) is 0 Å². The Morgan fingerprint density at radius 3 is 2.35 bits per heavy atom. The Hall–Kier alpha value is -2.59. The quantitative estimate of drug-likeness (QED) is 0.596. The maximum atomic E-state index is 13.8. The molecule has 3 aliphatic rings. The first kappa shape index (κ1) is 26.0. The van der Waals surface area contributed by atoms with E-state index in [1.807, 2.05) is 55.5 Å². The molecule has 9 heteroatoms. The molecule has 2 fully saturated rings. The van der Waals surface area contributed by atoms with E-state index in [-0.39, 0.29) is 11.8 Å². The van der Waals surface area contributed by atoms with Crippen molar-refractivity contribution in [3.05, 3.63) is 54.1 Å². The summed E-state index contributed by atoms with van der Waals surface area (Å²) < 4.78 is 10.9. The number of carbonyl (C=O) groups excluding carboxylic acids is 2. The third-order valence-corrected chi connectivity index (χ3v) is 8.79. The number of benzene rings is 2. The average molecular weight is 525 g/mol. The molecular formula is C28H36N4O4S. The van der Waals surface area contributed by atoms with Crippen LogP contribution in [0.4, 0.5) is 11.4 Å². The fourth-order valence-corrected chi connectivity index (χ4v) is 6.30. The molecule has 0 bridgehead atoms. The lowest BCUT2D eigenvalue weighted by Gasteiger charge is -2.39. The van der Waals surface area contributed by atoms with Crippen LogP contribution in [0.2, 0.25) is 0 Å². The van der Waals surface area contributed by atoms with Gasteiger partial charge in [-0.05, 0) is 49.7 Å². The van der Waals surface area contributed by atoms with E-state index < -0.39 is 5.54 Å². The predicted octanol–water partition coefficient (Wildman–Crippen LogP) is 3.19. The number of hydrogen-bond acceptors (Lipinski definition) is 7. The molecule has 198 valence electrons. The first-order chi connectivity index (χ1) is 18.0. The van der Waals surface area contributed by atoms with Crippen molar-refractivity contribution in [1.29, 1.82) is 0 Å². The highest BCUT2D eigenvalue weighted by Crippen LogP contribution is 2.36. The molecular weight excluding hydrogens is 488 g/mol. The zero-order valence-corrected chi connectivity index (χ0v) is 22.3. The maximum Gasteiger partial charge on any atom is 0.255 e. The topological polar surface area (TPSA) is 74.4 Å². The van der Waals surface area contributed by atoms with Crippen molar-refractivity contribution in [2.45, 2.75) is 23.8 Å². The summed E-state index contributed by atoms with van der Waals surface area (Å²) in [7, 11) is 0. The van der Waals surface area contributed by atoms with Gasteiger partial charge < -0.3 is 24.6 Å². The van der Waals surface area contributed by atoms with Crippen LogP contribution in [0, 0.1) is 0 Å². The number of nitrogens with one attached hydrogen (secondary N) is 1.